The Bertz CT molecular complexity index is 6520. The minimum absolute atomic E-state index is 0.0644. The molecular formula is C106H87BN4. The van der Waals surface area contributed by atoms with Gasteiger partial charge in [-0.25, -0.2) is 0 Å². The van der Waals surface area contributed by atoms with Crippen LogP contribution >= 0.6 is 0 Å². The highest BCUT2D eigenvalue weighted by atomic mass is 15.2. The predicted octanol–water partition coefficient (Wildman–Crippen LogP) is 26.7. The lowest BCUT2D eigenvalue weighted by molar-refractivity contribution is 0.332. The summed E-state index contributed by atoms with van der Waals surface area (Å²) in [5.41, 5.74) is 38.0. The van der Waals surface area contributed by atoms with Crippen molar-refractivity contribution < 1.29 is 0 Å². The second kappa shape index (κ2) is 25.1. The Hall–Kier alpha value is -12.4. The molecule has 0 saturated heterocycles. The van der Waals surface area contributed by atoms with E-state index in [1.54, 1.807) is 0 Å². The van der Waals surface area contributed by atoms with Crippen molar-refractivity contribution in [2.75, 3.05) is 9.80 Å². The van der Waals surface area contributed by atoms with Gasteiger partial charge in [-0.15, -0.1) is 0 Å². The van der Waals surface area contributed by atoms with Gasteiger partial charge in [0.05, 0.1) is 27.8 Å². The van der Waals surface area contributed by atoms with E-state index < -0.39 is 0 Å². The second-order valence-electron chi connectivity index (χ2n) is 34.5. The van der Waals surface area contributed by atoms with Gasteiger partial charge in [0.2, 0.25) is 0 Å². The maximum atomic E-state index is 2.64. The number of anilines is 6. The van der Waals surface area contributed by atoms with E-state index in [0.29, 0.717) is 0 Å². The summed E-state index contributed by atoms with van der Waals surface area (Å²) in [4.78, 5) is 5.25. The van der Waals surface area contributed by atoms with E-state index in [0.717, 1.165) is 74.9 Å². The smallest absolute Gasteiger partial charge is 0.252 e. The van der Waals surface area contributed by atoms with Gasteiger partial charge < -0.3 is 18.9 Å². The van der Waals surface area contributed by atoms with Crippen LogP contribution in [0.4, 0.5) is 34.1 Å². The average molecular weight is 1430 g/mol. The van der Waals surface area contributed by atoms with Gasteiger partial charge in [-0.05, 0) is 250 Å². The molecule has 4 heterocycles. The minimum Gasteiger partial charge on any atom is -0.311 e. The maximum Gasteiger partial charge on any atom is 0.252 e. The minimum atomic E-state index is -0.199. The van der Waals surface area contributed by atoms with Crippen molar-refractivity contribution in [3.8, 4) is 78.1 Å². The number of hydrogen-bond acceptors (Lipinski definition) is 2. The van der Waals surface area contributed by atoms with E-state index in [2.05, 4.69) is 408 Å². The molecule has 2 aromatic heterocycles. The fourth-order valence-electron chi connectivity index (χ4n) is 19.7. The zero-order valence-electron chi connectivity index (χ0n) is 64.4. The molecule has 4 nitrogen and oxygen atoms in total. The zero-order chi connectivity index (χ0) is 74.8. The first-order chi connectivity index (χ1) is 54.0. The lowest BCUT2D eigenvalue weighted by atomic mass is 9.33. The van der Waals surface area contributed by atoms with Gasteiger partial charge in [-0.1, -0.05) is 292 Å². The number of rotatable bonds is 10. The Kier molecular flexibility index (Phi) is 15.1. The molecule has 0 radical (unpaired) electrons. The van der Waals surface area contributed by atoms with Crippen molar-refractivity contribution in [3.63, 3.8) is 0 Å². The van der Waals surface area contributed by atoms with Crippen LogP contribution in [0.1, 0.15) is 103 Å². The molecule has 0 unspecified atom stereocenters. The van der Waals surface area contributed by atoms with Crippen molar-refractivity contribution in [1.82, 2.24) is 9.13 Å². The quantitative estimate of drug-likeness (QED) is 0.127. The predicted molar refractivity (Wildman–Crippen MR) is 472 cm³/mol. The molecule has 2 aliphatic heterocycles. The molecule has 2 aliphatic carbocycles. The van der Waals surface area contributed by atoms with Crippen molar-refractivity contribution in [3.05, 3.63) is 356 Å². The highest BCUT2D eigenvalue weighted by Crippen LogP contribution is 2.53. The van der Waals surface area contributed by atoms with E-state index in [-0.39, 0.29) is 28.4 Å². The number of hydrogen-bond donors (Lipinski definition) is 0. The third kappa shape index (κ3) is 10.8. The van der Waals surface area contributed by atoms with Crippen LogP contribution in [0.2, 0.25) is 0 Å². The van der Waals surface area contributed by atoms with Crippen molar-refractivity contribution in [2.24, 2.45) is 0 Å². The van der Waals surface area contributed by atoms with Gasteiger partial charge in [0.25, 0.3) is 6.71 Å². The molecule has 4 aliphatic rings. The Morgan fingerprint density at radius 1 is 0.216 bits per heavy atom. The molecule has 21 rings (SSSR count). The summed E-state index contributed by atoms with van der Waals surface area (Å²) in [7, 11) is 0. The molecule has 15 aromatic carbocycles. The normalized spacial score (nSPS) is 15.5. The standard InChI is InChI=1S/C106H87BN4/c1-103(2)55-57-105(5,6)90-62-77(37-48-88(90)103)72-33-43-80(44-34-72)108-98-54-42-79(71-29-19-12-20-30-71)64-93(98)107-92-50-47-82(110-94-32-22-21-31-84(94)85-59-74(39-51-95(85)110)68-23-13-9-14-24-68)65-99(92)109(81-45-35-73(36-46-81)78-38-49-89-91(63-78)106(7,8)58-56-104(89,3)4)101-67-83(66-100(108)102(101)107)111-96-52-40-75(69-25-15-10-16-26-69)60-86(96)87-61-76(41-53-97(87)111)70-27-17-11-18-28-70/h9-54,59-67H,55-58H2,1-8H3. The topological polar surface area (TPSA) is 16.3 Å². The molecule has 534 valence electrons. The lowest BCUT2D eigenvalue weighted by Gasteiger charge is -2.44. The summed E-state index contributed by atoms with van der Waals surface area (Å²) in [6.07, 6.45) is 4.68. The molecule has 0 saturated carbocycles. The first-order valence-electron chi connectivity index (χ1n) is 39.9. The van der Waals surface area contributed by atoms with E-state index in [9.17, 15) is 0 Å². The fraction of sp³-hybridized carbons (Fsp3) is 0.151. The van der Waals surface area contributed by atoms with E-state index in [1.807, 2.05) is 0 Å². The molecule has 0 bridgehead atoms. The number of nitrogens with zero attached hydrogens (tertiary/aromatic N) is 4. The first kappa shape index (κ1) is 66.7. The summed E-state index contributed by atoms with van der Waals surface area (Å²) >= 11 is 0. The van der Waals surface area contributed by atoms with Gasteiger partial charge in [0.1, 0.15) is 0 Å². The number of benzene rings is 15. The van der Waals surface area contributed by atoms with E-state index in [1.165, 1.54) is 145 Å². The third-order valence-electron chi connectivity index (χ3n) is 26.0. The summed E-state index contributed by atoms with van der Waals surface area (Å²) in [6, 6.07) is 128. The van der Waals surface area contributed by atoms with Gasteiger partial charge >= 0.3 is 0 Å². The third-order valence-corrected chi connectivity index (χ3v) is 26.0. The number of para-hydroxylation sites is 1. The fourth-order valence-corrected chi connectivity index (χ4v) is 19.7. The molecule has 5 heteroatoms. The molecule has 0 amide bonds. The van der Waals surface area contributed by atoms with Gasteiger partial charge in [0, 0.05) is 61.4 Å². The maximum absolute atomic E-state index is 2.64. The molecule has 17 aromatic rings. The summed E-state index contributed by atoms with van der Waals surface area (Å²) < 4.78 is 5.09. The van der Waals surface area contributed by atoms with Crippen LogP contribution in [0, 0.1) is 0 Å². The largest absolute Gasteiger partial charge is 0.311 e. The highest BCUT2D eigenvalue weighted by Gasteiger charge is 2.45. The monoisotopic (exact) mass is 1430 g/mol. The Morgan fingerprint density at radius 3 is 1.00 bits per heavy atom. The van der Waals surface area contributed by atoms with Crippen LogP contribution in [0.25, 0.3) is 122 Å². The van der Waals surface area contributed by atoms with E-state index >= 15 is 0 Å². The molecule has 111 heavy (non-hydrogen) atoms. The van der Waals surface area contributed by atoms with Crippen LogP contribution in [-0.2, 0) is 21.7 Å². The summed E-state index contributed by atoms with van der Waals surface area (Å²) in [6.45, 7) is 19.3. The zero-order valence-corrected chi connectivity index (χ0v) is 64.4. The van der Waals surface area contributed by atoms with Crippen LogP contribution < -0.4 is 26.2 Å². The second-order valence-corrected chi connectivity index (χ2v) is 34.5. The summed E-state index contributed by atoms with van der Waals surface area (Å²) in [5.74, 6) is 0. The lowest BCUT2D eigenvalue weighted by Crippen LogP contribution is -2.61. The first-order valence-corrected chi connectivity index (χ1v) is 39.9. The number of aromatic nitrogens is 2. The highest BCUT2D eigenvalue weighted by molar-refractivity contribution is 7.00. The van der Waals surface area contributed by atoms with Gasteiger partial charge in [-0.3, -0.25) is 0 Å². The number of fused-ring (bicyclic) bond motifs is 12. The van der Waals surface area contributed by atoms with Crippen LogP contribution in [0.5, 0.6) is 0 Å². The van der Waals surface area contributed by atoms with Crippen molar-refractivity contribution in [1.29, 1.82) is 0 Å². The van der Waals surface area contributed by atoms with Crippen LogP contribution in [-0.4, -0.2) is 15.8 Å². The molecule has 0 spiro atoms. The van der Waals surface area contributed by atoms with Gasteiger partial charge in [-0.2, -0.15) is 0 Å². The Balaban J connectivity index is 0.845. The van der Waals surface area contributed by atoms with Crippen LogP contribution in [0.3, 0.4) is 0 Å². The molecule has 0 atom stereocenters. The van der Waals surface area contributed by atoms with Crippen molar-refractivity contribution >= 4 is 101 Å². The Labute approximate surface area is 652 Å². The van der Waals surface area contributed by atoms with E-state index in [4.69, 9.17) is 0 Å². The van der Waals surface area contributed by atoms with Gasteiger partial charge in [0.15, 0.2) is 0 Å². The van der Waals surface area contributed by atoms with Crippen molar-refractivity contribution in [2.45, 2.75) is 103 Å². The summed E-state index contributed by atoms with van der Waals surface area (Å²) in [5, 5.41) is 4.85. The average Bonchev–Trinajstić information content (AvgIpc) is 1.23. The molecule has 0 fully saturated rings. The SMILES string of the molecule is CC1(C)CCC(C)(C)c2cc(-c3ccc(N4c5ccc(-c6ccccc6)cc5B5c6ccc(-n7c8ccccc8c8cc(-c9ccccc9)ccc87)cc6N(c6ccc(-c7ccc8c(c7)C(C)(C)CCC8(C)C)cc6)c6cc(-n7c8ccc(-c9ccccc9)cc8c8cc(-c9ccccc9)ccc87)cc4c65)cc3)ccc21. The molecule has 0 N–H and O–H groups in total. The molecular weight excluding hydrogens is 1340 g/mol. The van der Waals surface area contributed by atoms with Crippen LogP contribution in [0.15, 0.2) is 334 Å². The Morgan fingerprint density at radius 2 is 0.541 bits per heavy atom.